The van der Waals surface area contributed by atoms with Crippen molar-refractivity contribution in [3.05, 3.63) is 55.1 Å². The fraction of sp³-hybridized carbons (Fsp3) is 0.444. The van der Waals surface area contributed by atoms with Crippen molar-refractivity contribution in [1.82, 2.24) is 0 Å². The van der Waals surface area contributed by atoms with Gasteiger partial charge in [-0.25, -0.2) is 0 Å². The van der Waals surface area contributed by atoms with E-state index in [1.54, 1.807) is 12.1 Å². The number of halogens is 2. The first kappa shape index (κ1) is 22.1. The van der Waals surface area contributed by atoms with E-state index in [2.05, 4.69) is 15.9 Å². The van der Waals surface area contributed by atoms with Crippen molar-refractivity contribution in [2.45, 2.75) is 36.3 Å². The molecule has 1 fully saturated rings. The Kier molecular flexibility index (Phi) is 6.83. The molecule has 1 aromatic carbocycles. The molecule has 5 N–H and O–H groups in total. The normalized spacial score (nSPS) is 31.7. The smallest absolute Gasteiger partial charge is 0.224 e. The van der Waals surface area contributed by atoms with Crippen LogP contribution in [0.4, 0.5) is 0 Å². The number of hydrogen-bond donors (Lipinski definition) is 5. The second-order valence-corrected chi connectivity index (χ2v) is 9.32. The molecule has 6 atom stereocenters. The van der Waals surface area contributed by atoms with Crippen LogP contribution < -0.4 is 0 Å². The minimum Gasteiger partial charge on any atom is -0.394 e. The van der Waals surface area contributed by atoms with E-state index < -0.39 is 42.9 Å². The lowest BCUT2D eigenvalue weighted by atomic mass is 9.87. The maximum Gasteiger partial charge on any atom is 0.224 e. The Morgan fingerprint density at radius 3 is 2.54 bits per heavy atom. The lowest BCUT2D eigenvalue weighted by molar-refractivity contribution is -0.366. The number of thiophene rings is 1. The predicted molar refractivity (Wildman–Crippen MR) is 106 cm³/mol. The lowest BCUT2D eigenvalue weighted by Crippen LogP contribution is -2.64. The molecule has 7 nitrogen and oxygen atoms in total. The molecule has 0 amide bonds. The Balaban J connectivity index is 2.06. The largest absolute Gasteiger partial charge is 0.394 e. The summed E-state index contributed by atoms with van der Waals surface area (Å²) < 4.78 is 11.9. The van der Waals surface area contributed by atoms with Gasteiger partial charge in [-0.2, -0.15) is 0 Å². The minimum atomic E-state index is -1.87. The second kappa shape index (κ2) is 8.65. The zero-order valence-corrected chi connectivity index (χ0v) is 17.9. The summed E-state index contributed by atoms with van der Waals surface area (Å²) in [6, 6.07) is 8.10. The summed E-state index contributed by atoms with van der Waals surface area (Å²) in [7, 11) is 1.27. The summed E-state index contributed by atoms with van der Waals surface area (Å²) in [6.45, 7) is -0.595. The van der Waals surface area contributed by atoms with Crippen molar-refractivity contribution in [1.29, 1.82) is 0 Å². The van der Waals surface area contributed by atoms with Crippen LogP contribution in [0.5, 0.6) is 0 Å². The van der Waals surface area contributed by atoms with E-state index in [1.165, 1.54) is 36.6 Å². The molecule has 10 heteroatoms. The molecule has 0 aliphatic carbocycles. The summed E-state index contributed by atoms with van der Waals surface area (Å²) in [4.78, 5) is 0.645. The zero-order chi connectivity index (χ0) is 20.6. The van der Waals surface area contributed by atoms with E-state index in [1.807, 2.05) is 0 Å². The van der Waals surface area contributed by atoms with Gasteiger partial charge < -0.3 is 35.0 Å². The maximum absolute atomic E-state index is 10.8. The van der Waals surface area contributed by atoms with Gasteiger partial charge >= 0.3 is 0 Å². The molecule has 28 heavy (non-hydrogen) atoms. The summed E-state index contributed by atoms with van der Waals surface area (Å²) in [6.07, 6.45) is -7.00. The van der Waals surface area contributed by atoms with Gasteiger partial charge in [0.1, 0.15) is 30.5 Å². The molecule has 2 aromatic rings. The van der Waals surface area contributed by atoms with Crippen LogP contribution in [0.3, 0.4) is 0 Å². The molecular formula is C18H20BrClO7S. The van der Waals surface area contributed by atoms with Crippen LogP contribution in [0.25, 0.3) is 0 Å². The van der Waals surface area contributed by atoms with Gasteiger partial charge in [-0.15, -0.1) is 11.3 Å². The zero-order valence-electron chi connectivity index (χ0n) is 14.7. The van der Waals surface area contributed by atoms with Crippen molar-refractivity contribution >= 4 is 38.9 Å². The third kappa shape index (κ3) is 3.77. The quantitative estimate of drug-likeness (QED) is 0.427. The molecule has 0 radical (unpaired) electrons. The Morgan fingerprint density at radius 2 is 1.96 bits per heavy atom. The molecule has 3 rings (SSSR count). The van der Waals surface area contributed by atoms with Crippen molar-refractivity contribution in [2.24, 2.45) is 0 Å². The molecule has 154 valence electrons. The monoisotopic (exact) mass is 494 g/mol. The van der Waals surface area contributed by atoms with Crippen LogP contribution in [-0.2, 0) is 15.3 Å². The molecular weight excluding hydrogens is 476 g/mol. The van der Waals surface area contributed by atoms with Crippen LogP contribution in [0, 0.1) is 0 Å². The van der Waals surface area contributed by atoms with Crippen LogP contribution in [0.2, 0.25) is 5.02 Å². The Morgan fingerprint density at radius 1 is 1.25 bits per heavy atom. The number of methoxy groups -OCH3 is 1. The van der Waals surface area contributed by atoms with Gasteiger partial charge in [0.05, 0.1) is 10.4 Å². The first-order valence-electron chi connectivity index (χ1n) is 8.36. The molecule has 1 saturated heterocycles. The van der Waals surface area contributed by atoms with E-state index in [0.717, 1.165) is 3.79 Å². The predicted octanol–water partition coefficient (Wildman–Crippen LogP) is 1.52. The van der Waals surface area contributed by atoms with E-state index >= 15 is 0 Å². The van der Waals surface area contributed by atoms with Crippen LogP contribution >= 0.6 is 38.9 Å². The number of rotatable bonds is 5. The molecule has 1 aromatic heterocycles. The molecule has 0 bridgehead atoms. The van der Waals surface area contributed by atoms with Gasteiger partial charge in [0.2, 0.25) is 5.79 Å². The van der Waals surface area contributed by atoms with E-state index in [9.17, 15) is 25.5 Å². The van der Waals surface area contributed by atoms with E-state index in [0.29, 0.717) is 10.4 Å². The average Bonchev–Trinajstić information content (AvgIpc) is 3.13. The summed E-state index contributed by atoms with van der Waals surface area (Å²) in [5.41, 5.74) is 0.614. The van der Waals surface area contributed by atoms with E-state index in [-0.39, 0.29) is 10.6 Å². The highest BCUT2D eigenvalue weighted by Crippen LogP contribution is 2.42. The van der Waals surface area contributed by atoms with Gasteiger partial charge in [-0.05, 0) is 40.2 Å². The Hall–Kier alpha value is -0.590. The molecule has 5 unspecified atom stereocenters. The van der Waals surface area contributed by atoms with Crippen molar-refractivity contribution < 1.29 is 35.0 Å². The highest BCUT2D eigenvalue weighted by Gasteiger charge is 2.55. The van der Waals surface area contributed by atoms with Crippen LogP contribution in [-0.4, -0.2) is 63.7 Å². The molecule has 0 saturated carbocycles. The number of ether oxygens (including phenoxy) is 2. The third-order valence-electron chi connectivity index (χ3n) is 4.81. The minimum absolute atomic E-state index is 0.265. The van der Waals surface area contributed by atoms with Crippen molar-refractivity contribution in [3.8, 4) is 0 Å². The van der Waals surface area contributed by atoms with Crippen molar-refractivity contribution in [2.75, 3.05) is 13.7 Å². The van der Waals surface area contributed by atoms with Gasteiger partial charge in [-0.1, -0.05) is 17.7 Å². The van der Waals surface area contributed by atoms with Crippen molar-refractivity contribution in [3.63, 3.8) is 0 Å². The second-order valence-electron chi connectivity index (χ2n) is 6.42. The van der Waals surface area contributed by atoms with Gasteiger partial charge in [0.15, 0.2) is 0 Å². The number of benzene rings is 1. The lowest BCUT2D eigenvalue weighted by Gasteiger charge is -2.47. The average molecular weight is 496 g/mol. The van der Waals surface area contributed by atoms with Crippen LogP contribution in [0.15, 0.2) is 34.1 Å². The fourth-order valence-electron chi connectivity index (χ4n) is 3.27. The topological polar surface area (TPSA) is 120 Å². The summed E-state index contributed by atoms with van der Waals surface area (Å²) >= 11 is 11.0. The van der Waals surface area contributed by atoms with Gasteiger partial charge in [0.25, 0.3) is 0 Å². The van der Waals surface area contributed by atoms with Gasteiger partial charge in [0, 0.05) is 28.1 Å². The maximum atomic E-state index is 10.8. The molecule has 1 aliphatic heterocycles. The summed E-state index contributed by atoms with van der Waals surface area (Å²) in [5, 5.41) is 51.4. The molecule has 2 heterocycles. The highest BCUT2D eigenvalue weighted by atomic mass is 79.9. The Labute approximate surface area is 178 Å². The fourth-order valence-corrected chi connectivity index (χ4v) is 4.91. The highest BCUT2D eigenvalue weighted by molar-refractivity contribution is 9.11. The number of hydrogen-bond acceptors (Lipinski definition) is 8. The van der Waals surface area contributed by atoms with Gasteiger partial charge in [-0.3, -0.25) is 0 Å². The Bertz CT molecular complexity index is 832. The van der Waals surface area contributed by atoms with E-state index in [4.69, 9.17) is 21.1 Å². The summed E-state index contributed by atoms with van der Waals surface area (Å²) in [5.74, 6) is -1.87. The first-order chi connectivity index (χ1) is 13.2. The third-order valence-corrected chi connectivity index (χ3v) is 6.83. The standard InChI is InChI=1S/C18H20BrClO7S/c1-26-18(17(25)16(24)15(23)11(7-21)27-18)8-2-3-10(20)9(6-8)14(22)12-4-5-13(19)28-12/h2-6,11,14-17,21-25H,7H2,1H3/t11?,14?,15-,16?,17?,18?/m1/s1. The first-order valence-corrected chi connectivity index (χ1v) is 10.3. The number of aliphatic hydroxyl groups excluding tert-OH is 5. The van der Waals surface area contributed by atoms with Crippen LogP contribution in [0.1, 0.15) is 22.1 Å². The molecule has 1 aliphatic rings. The number of aliphatic hydroxyl groups is 5. The molecule has 0 spiro atoms. The SMILES string of the molecule is COC1(c2ccc(Cl)c(C(O)c3ccc(Br)s3)c2)OC(CO)[C@@H](O)C(O)C1O.